The van der Waals surface area contributed by atoms with Gasteiger partial charge in [0.15, 0.2) is 0 Å². The van der Waals surface area contributed by atoms with Crippen LogP contribution in [0, 0.1) is 0 Å². The largest absolute Gasteiger partial charge is 0.394 e. The molecule has 0 heterocycles. The fourth-order valence-corrected chi connectivity index (χ4v) is 6.35. The van der Waals surface area contributed by atoms with Crippen molar-refractivity contribution in [2.75, 3.05) is 0 Å². The molecule has 2 nitrogen and oxygen atoms in total. The molecule has 0 radical (unpaired) electrons. The number of unbranched alkanes of at least 4 members (excludes halogenated alkanes) is 3. The van der Waals surface area contributed by atoms with E-state index in [1.54, 1.807) is 0 Å². The van der Waals surface area contributed by atoms with Gasteiger partial charge in [-0.25, -0.2) is 0 Å². The van der Waals surface area contributed by atoms with Crippen LogP contribution in [0.3, 0.4) is 0 Å². The summed E-state index contributed by atoms with van der Waals surface area (Å²) in [6.07, 6.45) is 12.8. The predicted octanol–water partition coefficient (Wildman–Crippen LogP) is 5.34. The summed E-state index contributed by atoms with van der Waals surface area (Å²) in [4.78, 5) is 0. The van der Waals surface area contributed by atoms with E-state index in [-0.39, 0.29) is 0 Å². The quantitative estimate of drug-likeness (QED) is 0.400. The van der Waals surface area contributed by atoms with Crippen molar-refractivity contribution >= 4 is 9.28 Å². The van der Waals surface area contributed by atoms with Crippen LogP contribution >= 0.6 is 0 Å². The van der Waals surface area contributed by atoms with E-state index in [9.17, 15) is 0 Å². The van der Waals surface area contributed by atoms with Gasteiger partial charge in [0.05, 0.1) is 0 Å². The van der Waals surface area contributed by atoms with Gasteiger partial charge in [-0.3, -0.25) is 0 Å². The molecule has 1 aliphatic carbocycles. The van der Waals surface area contributed by atoms with Gasteiger partial charge in [-0.1, -0.05) is 45.4 Å². The van der Waals surface area contributed by atoms with E-state index in [2.05, 4.69) is 34.6 Å². The van der Waals surface area contributed by atoms with E-state index in [1.165, 1.54) is 57.8 Å². The van der Waals surface area contributed by atoms with Gasteiger partial charge >= 0.3 is 9.28 Å². The Morgan fingerprint density at radius 3 is 1.90 bits per heavy atom. The van der Waals surface area contributed by atoms with Crippen LogP contribution in [0.4, 0.5) is 0 Å². The van der Waals surface area contributed by atoms with Crippen molar-refractivity contribution in [1.82, 2.24) is 0 Å². The minimum atomic E-state index is -1.59. The zero-order valence-corrected chi connectivity index (χ0v) is 15.6. The smallest absolute Gasteiger partial charge is 0.328 e. The average molecular weight is 301 g/mol. The maximum atomic E-state index is 6.32. The molecule has 0 N–H and O–H groups in total. The standard InChI is InChI=1S/C17H36O2Si/c1-6-7-8-9-12-17(13-10-11-14-17)20(18-15(2)3)19-16(4)5/h15-16,20H,6-14H2,1-5H3. The van der Waals surface area contributed by atoms with Crippen LogP contribution in [0.25, 0.3) is 0 Å². The first kappa shape index (κ1) is 18.2. The molecule has 0 bridgehead atoms. The van der Waals surface area contributed by atoms with Crippen LogP contribution in [0.2, 0.25) is 5.04 Å². The summed E-state index contributed by atoms with van der Waals surface area (Å²) < 4.78 is 12.6. The van der Waals surface area contributed by atoms with Crippen molar-refractivity contribution in [3.05, 3.63) is 0 Å². The van der Waals surface area contributed by atoms with Gasteiger partial charge in [-0.15, -0.1) is 0 Å². The molecule has 0 aromatic carbocycles. The fraction of sp³-hybridized carbons (Fsp3) is 1.00. The van der Waals surface area contributed by atoms with Crippen LogP contribution in [0.15, 0.2) is 0 Å². The molecule has 3 heteroatoms. The van der Waals surface area contributed by atoms with Gasteiger partial charge in [-0.05, 0) is 47.0 Å². The molecule has 1 saturated carbocycles. The van der Waals surface area contributed by atoms with Gasteiger partial charge in [-0.2, -0.15) is 0 Å². The molecule has 1 rings (SSSR count). The van der Waals surface area contributed by atoms with Gasteiger partial charge in [0.2, 0.25) is 0 Å². The Labute approximate surface area is 128 Å². The molecule has 1 aliphatic rings. The summed E-state index contributed by atoms with van der Waals surface area (Å²) in [5.74, 6) is 0. The summed E-state index contributed by atoms with van der Waals surface area (Å²) in [6.45, 7) is 10.9. The Balaban J connectivity index is 2.66. The molecule has 0 aromatic heterocycles. The van der Waals surface area contributed by atoms with Crippen LogP contribution < -0.4 is 0 Å². The second-order valence-corrected chi connectivity index (χ2v) is 9.51. The third kappa shape index (κ3) is 5.86. The lowest BCUT2D eigenvalue weighted by Crippen LogP contribution is -2.40. The Morgan fingerprint density at radius 2 is 1.45 bits per heavy atom. The molecule has 20 heavy (non-hydrogen) atoms. The van der Waals surface area contributed by atoms with Crippen molar-refractivity contribution in [3.63, 3.8) is 0 Å². The maximum Gasteiger partial charge on any atom is 0.328 e. The minimum absolute atomic E-state index is 0.304. The Hall–Kier alpha value is 0.137. The number of hydrogen-bond donors (Lipinski definition) is 0. The highest BCUT2D eigenvalue weighted by Crippen LogP contribution is 2.52. The van der Waals surface area contributed by atoms with E-state index in [0.717, 1.165) is 0 Å². The number of hydrogen-bond acceptors (Lipinski definition) is 2. The maximum absolute atomic E-state index is 6.32. The summed E-state index contributed by atoms with van der Waals surface area (Å²) >= 11 is 0. The van der Waals surface area contributed by atoms with Crippen molar-refractivity contribution in [1.29, 1.82) is 0 Å². The minimum Gasteiger partial charge on any atom is -0.394 e. The van der Waals surface area contributed by atoms with E-state index in [4.69, 9.17) is 8.85 Å². The van der Waals surface area contributed by atoms with Crippen molar-refractivity contribution in [2.45, 2.75) is 110 Å². The zero-order valence-electron chi connectivity index (χ0n) is 14.4. The average Bonchev–Trinajstić information content (AvgIpc) is 2.83. The van der Waals surface area contributed by atoms with Gasteiger partial charge in [0.1, 0.15) is 0 Å². The molecule has 0 spiro atoms. The first-order valence-corrected chi connectivity index (χ1v) is 10.3. The monoisotopic (exact) mass is 300 g/mol. The summed E-state index contributed by atoms with van der Waals surface area (Å²) in [5.41, 5.74) is 0. The highest BCUT2D eigenvalue weighted by molar-refractivity contribution is 6.49. The molecule has 120 valence electrons. The zero-order chi connectivity index (χ0) is 15.0. The first-order chi connectivity index (χ1) is 9.50. The summed E-state index contributed by atoms with van der Waals surface area (Å²) in [7, 11) is -1.59. The van der Waals surface area contributed by atoms with Crippen LogP contribution in [0.5, 0.6) is 0 Å². The molecule has 0 atom stereocenters. The Morgan fingerprint density at radius 1 is 0.900 bits per heavy atom. The van der Waals surface area contributed by atoms with Gasteiger partial charge < -0.3 is 8.85 Å². The van der Waals surface area contributed by atoms with Crippen LogP contribution in [0.1, 0.15) is 92.4 Å². The van der Waals surface area contributed by atoms with E-state index >= 15 is 0 Å². The normalized spacial score (nSPS) is 18.6. The van der Waals surface area contributed by atoms with E-state index in [0.29, 0.717) is 17.2 Å². The van der Waals surface area contributed by atoms with E-state index in [1.807, 2.05) is 0 Å². The lowest BCUT2D eigenvalue weighted by molar-refractivity contribution is 0.106. The number of rotatable bonds is 10. The second-order valence-electron chi connectivity index (χ2n) is 7.08. The molecule has 0 aromatic rings. The van der Waals surface area contributed by atoms with Gasteiger partial charge in [0.25, 0.3) is 0 Å². The molecular formula is C17H36O2Si. The second kappa shape index (κ2) is 9.21. The molecule has 0 unspecified atom stereocenters. The summed E-state index contributed by atoms with van der Waals surface area (Å²) in [6, 6.07) is 0. The van der Waals surface area contributed by atoms with Crippen LogP contribution in [-0.2, 0) is 8.85 Å². The lowest BCUT2D eigenvalue weighted by Gasteiger charge is -2.37. The SMILES string of the molecule is CCCCCCC1([SiH](OC(C)C)OC(C)C)CCCC1. The van der Waals surface area contributed by atoms with Gasteiger partial charge in [0, 0.05) is 17.2 Å². The van der Waals surface area contributed by atoms with Crippen LogP contribution in [-0.4, -0.2) is 21.5 Å². The first-order valence-electron chi connectivity index (χ1n) is 8.81. The third-order valence-corrected chi connectivity index (χ3v) is 7.87. The molecule has 0 aliphatic heterocycles. The molecule has 0 amide bonds. The predicted molar refractivity (Wildman–Crippen MR) is 89.5 cm³/mol. The molecule has 1 fully saturated rings. The lowest BCUT2D eigenvalue weighted by atomic mass is 9.98. The topological polar surface area (TPSA) is 18.5 Å². The highest BCUT2D eigenvalue weighted by atomic mass is 28.3. The fourth-order valence-electron chi connectivity index (χ4n) is 3.40. The third-order valence-electron chi connectivity index (χ3n) is 4.42. The van der Waals surface area contributed by atoms with Crippen molar-refractivity contribution in [3.8, 4) is 0 Å². The Kier molecular flexibility index (Phi) is 8.38. The molecular weight excluding hydrogens is 264 g/mol. The molecule has 0 saturated heterocycles. The Bertz CT molecular complexity index is 237. The van der Waals surface area contributed by atoms with Crippen molar-refractivity contribution in [2.24, 2.45) is 0 Å². The van der Waals surface area contributed by atoms with Crippen molar-refractivity contribution < 1.29 is 8.85 Å². The highest BCUT2D eigenvalue weighted by Gasteiger charge is 2.45. The van der Waals surface area contributed by atoms with E-state index < -0.39 is 9.28 Å². The summed E-state index contributed by atoms with van der Waals surface area (Å²) in [5, 5.41) is 0.419.